The van der Waals surface area contributed by atoms with Gasteiger partial charge in [0.1, 0.15) is 5.82 Å². The van der Waals surface area contributed by atoms with Crippen LogP contribution in [0.15, 0.2) is 42.5 Å². The van der Waals surface area contributed by atoms with Crippen molar-refractivity contribution in [3.05, 3.63) is 65.0 Å². The molecule has 1 amide bonds. The zero-order chi connectivity index (χ0) is 19.3. The summed E-state index contributed by atoms with van der Waals surface area (Å²) in [4.78, 5) is 12.0. The number of amides is 1. The van der Waals surface area contributed by atoms with E-state index in [1.165, 1.54) is 16.4 Å². The number of anilines is 1. The Morgan fingerprint density at radius 1 is 1.12 bits per heavy atom. The molecule has 0 aromatic heterocycles. The van der Waals surface area contributed by atoms with Crippen molar-refractivity contribution >= 4 is 21.6 Å². The molecule has 0 fully saturated rings. The van der Waals surface area contributed by atoms with Crippen LogP contribution in [-0.2, 0) is 21.2 Å². The molecular formula is C19H23FN2O3S. The Balaban J connectivity index is 2.00. The number of carbonyl (C=O) groups excluding carboxylic acids is 1. The van der Waals surface area contributed by atoms with Gasteiger partial charge in [-0.25, -0.2) is 12.8 Å². The van der Waals surface area contributed by atoms with Crippen molar-refractivity contribution in [2.45, 2.75) is 20.3 Å². The van der Waals surface area contributed by atoms with E-state index in [1.54, 1.807) is 24.3 Å². The van der Waals surface area contributed by atoms with Gasteiger partial charge in [0.15, 0.2) is 0 Å². The van der Waals surface area contributed by atoms with Gasteiger partial charge in [-0.15, -0.1) is 0 Å². The number of nitrogens with zero attached hydrogens (tertiary/aromatic N) is 1. The Bertz CT molecular complexity index is 877. The molecule has 0 heterocycles. The van der Waals surface area contributed by atoms with Gasteiger partial charge in [-0.1, -0.05) is 18.2 Å². The minimum absolute atomic E-state index is 0.0419. The molecule has 0 saturated heterocycles. The molecule has 7 heteroatoms. The van der Waals surface area contributed by atoms with Crippen LogP contribution in [0.4, 0.5) is 10.1 Å². The van der Waals surface area contributed by atoms with E-state index in [9.17, 15) is 17.6 Å². The number of benzene rings is 2. The van der Waals surface area contributed by atoms with Crippen molar-refractivity contribution in [3.8, 4) is 0 Å². The Morgan fingerprint density at radius 2 is 1.77 bits per heavy atom. The van der Waals surface area contributed by atoms with Gasteiger partial charge < -0.3 is 5.32 Å². The Kier molecular flexibility index (Phi) is 6.37. The maximum atomic E-state index is 13.2. The number of rotatable bonds is 7. The van der Waals surface area contributed by atoms with Gasteiger partial charge >= 0.3 is 0 Å². The number of hydrogen-bond acceptors (Lipinski definition) is 3. The lowest BCUT2D eigenvalue weighted by atomic mass is 10.1. The molecule has 0 radical (unpaired) electrons. The van der Waals surface area contributed by atoms with E-state index in [0.717, 1.165) is 17.4 Å². The van der Waals surface area contributed by atoms with Gasteiger partial charge in [0.05, 0.1) is 24.9 Å². The second kappa shape index (κ2) is 8.31. The Hall–Kier alpha value is -2.41. The molecule has 0 spiro atoms. The highest BCUT2D eigenvalue weighted by molar-refractivity contribution is 7.92. The summed E-state index contributed by atoms with van der Waals surface area (Å²) in [5.74, 6) is -0.683. The maximum Gasteiger partial charge on any atom is 0.232 e. The molecule has 5 nitrogen and oxygen atoms in total. The largest absolute Gasteiger partial charge is 0.354 e. The summed E-state index contributed by atoms with van der Waals surface area (Å²) in [6, 6.07) is 11.4. The molecule has 0 saturated carbocycles. The summed E-state index contributed by atoms with van der Waals surface area (Å²) in [6.07, 6.45) is 1.18. The summed E-state index contributed by atoms with van der Waals surface area (Å²) in [7, 11) is -3.48. The maximum absolute atomic E-state index is 13.2. The summed E-state index contributed by atoms with van der Waals surface area (Å²) in [5.41, 5.74) is 3.06. The number of carbonyl (C=O) groups is 1. The molecule has 0 bridgehead atoms. The van der Waals surface area contributed by atoms with E-state index in [1.807, 2.05) is 19.9 Å². The van der Waals surface area contributed by atoms with Crippen molar-refractivity contribution in [2.75, 3.05) is 23.7 Å². The molecule has 0 aliphatic heterocycles. The lowest BCUT2D eigenvalue weighted by Gasteiger charge is -2.23. The molecule has 0 aliphatic carbocycles. The van der Waals surface area contributed by atoms with Crippen LogP contribution in [0.2, 0.25) is 0 Å². The molecule has 2 aromatic carbocycles. The number of aryl methyl sites for hydroxylation is 2. The summed E-state index contributed by atoms with van der Waals surface area (Å²) in [5, 5.41) is 2.68. The van der Waals surface area contributed by atoms with Crippen LogP contribution in [0.1, 0.15) is 16.7 Å². The molecule has 0 unspecified atom stereocenters. The molecule has 1 N–H and O–H groups in total. The summed E-state index contributed by atoms with van der Waals surface area (Å²) < 4.78 is 38.7. The first kappa shape index (κ1) is 19.9. The van der Waals surface area contributed by atoms with E-state index in [2.05, 4.69) is 5.32 Å². The quantitative estimate of drug-likeness (QED) is 0.805. The van der Waals surface area contributed by atoms with E-state index in [4.69, 9.17) is 0 Å². The number of sulfonamides is 1. The van der Waals surface area contributed by atoms with Crippen LogP contribution < -0.4 is 9.62 Å². The topological polar surface area (TPSA) is 66.5 Å². The molecule has 26 heavy (non-hydrogen) atoms. The second-order valence-corrected chi connectivity index (χ2v) is 8.24. The minimum Gasteiger partial charge on any atom is -0.354 e. The predicted octanol–water partition coefficient (Wildman–Crippen LogP) is 2.57. The molecule has 2 rings (SSSR count). The lowest BCUT2D eigenvalue weighted by Crippen LogP contribution is -2.38. The summed E-state index contributed by atoms with van der Waals surface area (Å²) in [6.45, 7) is 4.08. The van der Waals surface area contributed by atoms with Crippen LogP contribution in [0.25, 0.3) is 0 Å². The summed E-state index contributed by atoms with van der Waals surface area (Å²) >= 11 is 0. The monoisotopic (exact) mass is 378 g/mol. The fraction of sp³-hybridized carbons (Fsp3) is 0.316. The normalized spacial score (nSPS) is 11.2. The highest BCUT2D eigenvalue weighted by Crippen LogP contribution is 2.20. The van der Waals surface area contributed by atoms with Crippen LogP contribution in [0, 0.1) is 19.7 Å². The number of halogens is 1. The van der Waals surface area contributed by atoms with Gasteiger partial charge in [0.25, 0.3) is 0 Å². The first-order valence-electron chi connectivity index (χ1n) is 8.22. The van der Waals surface area contributed by atoms with Crippen molar-refractivity contribution in [3.63, 3.8) is 0 Å². The first-order chi connectivity index (χ1) is 12.1. The zero-order valence-corrected chi connectivity index (χ0v) is 15.9. The van der Waals surface area contributed by atoms with Gasteiger partial charge in [0.2, 0.25) is 15.9 Å². The zero-order valence-electron chi connectivity index (χ0n) is 15.1. The predicted molar refractivity (Wildman–Crippen MR) is 101 cm³/mol. The highest BCUT2D eigenvalue weighted by Gasteiger charge is 2.18. The lowest BCUT2D eigenvalue weighted by molar-refractivity contribution is -0.120. The van der Waals surface area contributed by atoms with Gasteiger partial charge in [-0.3, -0.25) is 9.10 Å². The van der Waals surface area contributed by atoms with Crippen LogP contribution in [0.3, 0.4) is 0 Å². The smallest absolute Gasteiger partial charge is 0.232 e. The average Bonchev–Trinajstić information content (AvgIpc) is 2.49. The van der Waals surface area contributed by atoms with Gasteiger partial charge in [0, 0.05) is 6.54 Å². The first-order valence-corrected chi connectivity index (χ1v) is 10.1. The molecular weight excluding hydrogens is 355 g/mol. The third-order valence-electron chi connectivity index (χ3n) is 3.79. The molecule has 0 aliphatic rings. The molecule has 2 aromatic rings. The standard InChI is InChI=1S/C19H23FN2O3S/c1-14-9-15(2)11-18(10-14)22(26(3,24)25)8-7-21-19(23)13-16-5-4-6-17(20)12-16/h4-6,9-12H,7-8,13H2,1-3H3,(H,21,23). The third kappa shape index (κ3) is 5.84. The minimum atomic E-state index is -3.48. The van der Waals surface area contributed by atoms with Gasteiger partial charge in [-0.05, 0) is 54.8 Å². The van der Waals surface area contributed by atoms with Crippen LogP contribution in [-0.4, -0.2) is 33.7 Å². The van der Waals surface area contributed by atoms with Crippen LogP contribution >= 0.6 is 0 Å². The fourth-order valence-electron chi connectivity index (χ4n) is 2.77. The highest BCUT2D eigenvalue weighted by atomic mass is 32.2. The van der Waals surface area contributed by atoms with E-state index in [-0.39, 0.29) is 25.4 Å². The van der Waals surface area contributed by atoms with Crippen LogP contribution in [0.5, 0.6) is 0 Å². The van der Waals surface area contributed by atoms with Gasteiger partial charge in [-0.2, -0.15) is 0 Å². The molecule has 0 atom stereocenters. The van der Waals surface area contributed by atoms with E-state index in [0.29, 0.717) is 11.3 Å². The number of hydrogen-bond donors (Lipinski definition) is 1. The van der Waals surface area contributed by atoms with Crippen molar-refractivity contribution in [1.82, 2.24) is 5.32 Å². The SMILES string of the molecule is Cc1cc(C)cc(N(CCNC(=O)Cc2cccc(F)c2)S(C)(=O)=O)c1. The Labute approximate surface area is 153 Å². The Morgan fingerprint density at radius 3 is 2.35 bits per heavy atom. The number of nitrogens with one attached hydrogen (secondary N) is 1. The van der Waals surface area contributed by atoms with Crippen molar-refractivity contribution < 1.29 is 17.6 Å². The van der Waals surface area contributed by atoms with Crippen molar-refractivity contribution in [1.29, 1.82) is 0 Å². The fourth-order valence-corrected chi connectivity index (χ4v) is 3.68. The molecule has 140 valence electrons. The van der Waals surface area contributed by atoms with E-state index >= 15 is 0 Å². The second-order valence-electron chi connectivity index (χ2n) is 6.34. The third-order valence-corrected chi connectivity index (χ3v) is 4.98. The average molecular weight is 378 g/mol. The van der Waals surface area contributed by atoms with E-state index < -0.39 is 15.8 Å². The van der Waals surface area contributed by atoms with Crippen molar-refractivity contribution in [2.24, 2.45) is 0 Å².